The third-order valence-corrected chi connectivity index (χ3v) is 4.43. The summed E-state index contributed by atoms with van der Waals surface area (Å²) in [6.07, 6.45) is 0. The molecule has 0 heterocycles. The quantitative estimate of drug-likeness (QED) is 0.691. The van der Waals surface area contributed by atoms with Crippen molar-refractivity contribution in [2.45, 2.75) is 33.4 Å². The van der Waals surface area contributed by atoms with Crippen LogP contribution >= 0.6 is 11.6 Å². The van der Waals surface area contributed by atoms with Gasteiger partial charge in [0.05, 0.1) is 0 Å². The molecule has 0 aliphatic rings. The molecule has 150 valence electrons. The van der Waals surface area contributed by atoms with Gasteiger partial charge in [-0.15, -0.1) is 0 Å². The monoisotopic (exact) mass is 402 g/mol. The number of hydrogen-bond acceptors (Lipinski definition) is 3. The van der Waals surface area contributed by atoms with Crippen LogP contribution in [0.2, 0.25) is 5.02 Å². The lowest BCUT2D eigenvalue weighted by Crippen LogP contribution is -2.49. The molecule has 0 saturated carbocycles. The number of rotatable bonds is 9. The molecule has 2 rings (SSSR count). The van der Waals surface area contributed by atoms with Crippen LogP contribution in [0.4, 0.5) is 0 Å². The Balaban J connectivity index is 2.11. The summed E-state index contributed by atoms with van der Waals surface area (Å²) in [5.74, 6) is 0.477. The van der Waals surface area contributed by atoms with E-state index in [1.807, 2.05) is 44.2 Å². The summed E-state index contributed by atoms with van der Waals surface area (Å²) >= 11 is 6.07. The first kappa shape index (κ1) is 21.8. The number of halogens is 1. The van der Waals surface area contributed by atoms with Crippen LogP contribution in [0.3, 0.4) is 0 Å². The van der Waals surface area contributed by atoms with Crippen LogP contribution in [0.5, 0.6) is 5.75 Å². The molecule has 0 saturated heterocycles. The maximum Gasteiger partial charge on any atom is 0.261 e. The molecule has 2 aromatic carbocycles. The van der Waals surface area contributed by atoms with Gasteiger partial charge >= 0.3 is 0 Å². The van der Waals surface area contributed by atoms with Crippen molar-refractivity contribution in [3.8, 4) is 5.75 Å². The first-order chi connectivity index (χ1) is 13.4. The van der Waals surface area contributed by atoms with E-state index in [1.165, 1.54) is 4.90 Å². The minimum atomic E-state index is -0.635. The molecule has 0 aliphatic carbocycles. The topological polar surface area (TPSA) is 58.6 Å². The fourth-order valence-electron chi connectivity index (χ4n) is 2.61. The highest BCUT2D eigenvalue weighted by molar-refractivity contribution is 6.30. The molecule has 2 aromatic rings. The lowest BCUT2D eigenvalue weighted by molar-refractivity contribution is -0.142. The normalized spacial score (nSPS) is 11.8. The summed E-state index contributed by atoms with van der Waals surface area (Å²) in [6, 6.07) is 15.8. The van der Waals surface area contributed by atoms with Crippen molar-refractivity contribution in [2.75, 3.05) is 13.2 Å². The lowest BCUT2D eigenvalue weighted by Gasteiger charge is -2.29. The van der Waals surface area contributed by atoms with Gasteiger partial charge in [-0.1, -0.05) is 55.8 Å². The van der Waals surface area contributed by atoms with Crippen LogP contribution in [-0.2, 0) is 16.1 Å². The highest BCUT2D eigenvalue weighted by Crippen LogP contribution is 2.16. The van der Waals surface area contributed by atoms with Crippen molar-refractivity contribution in [3.63, 3.8) is 0 Å². The number of para-hydroxylation sites is 1. The van der Waals surface area contributed by atoms with E-state index in [2.05, 4.69) is 5.32 Å². The van der Waals surface area contributed by atoms with E-state index < -0.39 is 6.04 Å². The van der Waals surface area contributed by atoms with Crippen molar-refractivity contribution in [2.24, 2.45) is 5.92 Å². The smallest absolute Gasteiger partial charge is 0.261 e. The van der Waals surface area contributed by atoms with E-state index >= 15 is 0 Å². The van der Waals surface area contributed by atoms with Crippen LogP contribution in [0.1, 0.15) is 26.3 Å². The standard InChI is InChI=1S/C22H27ClN2O3/c1-16(2)13-24-22(27)17(3)25(14-18-8-7-9-19(23)12-18)21(26)15-28-20-10-5-4-6-11-20/h4-12,16-17H,13-15H2,1-3H3,(H,24,27). The number of nitrogens with one attached hydrogen (secondary N) is 1. The highest BCUT2D eigenvalue weighted by Gasteiger charge is 2.26. The van der Waals surface area contributed by atoms with E-state index in [9.17, 15) is 9.59 Å². The minimum absolute atomic E-state index is 0.146. The Morgan fingerprint density at radius 2 is 1.79 bits per heavy atom. The Kier molecular flexibility index (Phi) is 8.33. The number of amides is 2. The molecule has 1 atom stereocenters. The Labute approximate surface area is 171 Å². The molecular formula is C22H27ClN2O3. The maximum absolute atomic E-state index is 12.9. The van der Waals surface area contributed by atoms with E-state index in [0.717, 1.165) is 5.56 Å². The molecule has 5 nitrogen and oxygen atoms in total. The summed E-state index contributed by atoms with van der Waals surface area (Å²) in [7, 11) is 0. The van der Waals surface area contributed by atoms with Crippen LogP contribution in [0.25, 0.3) is 0 Å². The van der Waals surface area contributed by atoms with Gasteiger partial charge < -0.3 is 15.0 Å². The average molecular weight is 403 g/mol. The summed E-state index contributed by atoms with van der Waals surface area (Å²) in [4.78, 5) is 26.9. The Hall–Kier alpha value is -2.53. The van der Waals surface area contributed by atoms with Gasteiger partial charge in [0.25, 0.3) is 5.91 Å². The highest BCUT2D eigenvalue weighted by atomic mass is 35.5. The van der Waals surface area contributed by atoms with Crippen LogP contribution in [0.15, 0.2) is 54.6 Å². The number of benzene rings is 2. The summed E-state index contributed by atoms with van der Waals surface area (Å²) < 4.78 is 5.59. The predicted molar refractivity (Wildman–Crippen MR) is 111 cm³/mol. The molecule has 28 heavy (non-hydrogen) atoms. The minimum Gasteiger partial charge on any atom is -0.484 e. The molecular weight excluding hydrogens is 376 g/mol. The molecule has 0 radical (unpaired) electrons. The Bertz CT molecular complexity index is 780. The zero-order valence-electron chi connectivity index (χ0n) is 16.5. The van der Waals surface area contributed by atoms with Gasteiger partial charge in [-0.05, 0) is 42.7 Å². The molecule has 2 amide bonds. The van der Waals surface area contributed by atoms with Crippen LogP contribution in [-0.4, -0.2) is 35.9 Å². The molecule has 0 fully saturated rings. The number of carbonyl (C=O) groups is 2. The average Bonchev–Trinajstić information content (AvgIpc) is 2.68. The van der Waals surface area contributed by atoms with Crippen molar-refractivity contribution < 1.29 is 14.3 Å². The van der Waals surface area contributed by atoms with Crippen molar-refractivity contribution in [3.05, 3.63) is 65.2 Å². The molecule has 0 aromatic heterocycles. The summed E-state index contributed by atoms with van der Waals surface area (Å²) in [5.41, 5.74) is 0.851. The van der Waals surface area contributed by atoms with Gasteiger partial charge in [-0.2, -0.15) is 0 Å². The Morgan fingerprint density at radius 1 is 1.07 bits per heavy atom. The SMILES string of the molecule is CC(C)CNC(=O)C(C)N(Cc1cccc(Cl)c1)C(=O)COc1ccccc1. The first-order valence-corrected chi connectivity index (χ1v) is 9.74. The van der Waals surface area contributed by atoms with Gasteiger partial charge in [0, 0.05) is 18.1 Å². The van der Waals surface area contributed by atoms with E-state index in [4.69, 9.17) is 16.3 Å². The third kappa shape index (κ3) is 6.89. The summed E-state index contributed by atoms with van der Waals surface area (Å²) in [6.45, 7) is 6.45. The number of carbonyl (C=O) groups excluding carboxylic acids is 2. The second kappa shape index (κ2) is 10.7. The third-order valence-electron chi connectivity index (χ3n) is 4.20. The van der Waals surface area contributed by atoms with Crippen molar-refractivity contribution in [1.29, 1.82) is 0 Å². The van der Waals surface area contributed by atoms with Crippen molar-refractivity contribution in [1.82, 2.24) is 10.2 Å². The predicted octanol–water partition coefficient (Wildman–Crippen LogP) is 3.91. The molecule has 1 unspecified atom stereocenters. The number of hydrogen-bond donors (Lipinski definition) is 1. The van der Waals surface area contributed by atoms with Gasteiger partial charge in [0.15, 0.2) is 6.61 Å². The zero-order chi connectivity index (χ0) is 20.5. The number of nitrogens with zero attached hydrogens (tertiary/aromatic N) is 1. The fourth-order valence-corrected chi connectivity index (χ4v) is 2.82. The van der Waals surface area contributed by atoms with E-state index in [1.54, 1.807) is 31.2 Å². The maximum atomic E-state index is 12.9. The van der Waals surface area contributed by atoms with E-state index in [-0.39, 0.29) is 25.0 Å². The first-order valence-electron chi connectivity index (χ1n) is 9.36. The largest absolute Gasteiger partial charge is 0.484 e. The van der Waals surface area contributed by atoms with E-state index in [0.29, 0.717) is 23.2 Å². The fraction of sp³-hybridized carbons (Fsp3) is 0.364. The van der Waals surface area contributed by atoms with Gasteiger partial charge in [-0.25, -0.2) is 0 Å². The van der Waals surface area contributed by atoms with Crippen LogP contribution in [0, 0.1) is 5.92 Å². The second-order valence-electron chi connectivity index (χ2n) is 7.07. The molecule has 0 aliphatic heterocycles. The van der Waals surface area contributed by atoms with Gasteiger partial charge in [0.1, 0.15) is 11.8 Å². The van der Waals surface area contributed by atoms with Gasteiger partial charge in [-0.3, -0.25) is 9.59 Å². The molecule has 1 N–H and O–H groups in total. The molecule has 6 heteroatoms. The lowest BCUT2D eigenvalue weighted by atomic mass is 10.1. The Morgan fingerprint density at radius 3 is 2.43 bits per heavy atom. The number of ether oxygens (including phenoxy) is 1. The van der Waals surface area contributed by atoms with Crippen LogP contribution < -0.4 is 10.1 Å². The van der Waals surface area contributed by atoms with Crippen molar-refractivity contribution >= 4 is 23.4 Å². The molecule has 0 spiro atoms. The molecule has 0 bridgehead atoms. The zero-order valence-corrected chi connectivity index (χ0v) is 17.3. The van der Waals surface area contributed by atoms with Gasteiger partial charge in [0.2, 0.25) is 5.91 Å². The summed E-state index contributed by atoms with van der Waals surface area (Å²) in [5, 5.41) is 3.47. The second-order valence-corrected chi connectivity index (χ2v) is 7.50.